The Morgan fingerprint density at radius 2 is 1.37 bits per heavy atom. The minimum Gasteiger partial charge on any atom is -0.490 e. The highest BCUT2D eigenvalue weighted by atomic mass is 35.5. The predicted octanol–water partition coefficient (Wildman–Crippen LogP) is 8.26. The van der Waals surface area contributed by atoms with Gasteiger partial charge in [-0.1, -0.05) is 74.3 Å². The van der Waals surface area contributed by atoms with E-state index in [4.69, 9.17) is 32.9 Å². The van der Waals surface area contributed by atoms with Crippen molar-refractivity contribution in [2.45, 2.75) is 71.1 Å². The lowest BCUT2D eigenvalue weighted by Crippen LogP contribution is -2.50. The summed E-state index contributed by atoms with van der Waals surface area (Å²) in [6.45, 7) is 15.1. The van der Waals surface area contributed by atoms with Crippen LogP contribution in [0.1, 0.15) is 70.7 Å². The van der Waals surface area contributed by atoms with Gasteiger partial charge in [0.1, 0.15) is 17.1 Å². The summed E-state index contributed by atoms with van der Waals surface area (Å²) in [5.74, 6) is 1.63. The zero-order chi connectivity index (χ0) is 25.6. The lowest BCUT2D eigenvalue weighted by Gasteiger charge is -2.40. The fourth-order valence-electron chi connectivity index (χ4n) is 4.65. The van der Waals surface area contributed by atoms with Gasteiger partial charge < -0.3 is 10.1 Å². The van der Waals surface area contributed by atoms with Gasteiger partial charge >= 0.3 is 0 Å². The maximum Gasteiger partial charge on any atom is 0.133 e. The molecule has 3 aromatic rings. The molecule has 3 aromatic carbocycles. The fourth-order valence-corrected chi connectivity index (χ4v) is 4.90. The molecule has 0 aromatic heterocycles. The van der Waals surface area contributed by atoms with E-state index < -0.39 is 11.1 Å². The first-order valence-electron chi connectivity index (χ1n) is 12.1. The number of aliphatic imine (C=N–C) groups is 1. The Kier molecular flexibility index (Phi) is 6.72. The van der Waals surface area contributed by atoms with Crippen LogP contribution < -0.4 is 10.1 Å². The first kappa shape index (κ1) is 25.6. The summed E-state index contributed by atoms with van der Waals surface area (Å²) < 4.78 is 6.32. The minimum atomic E-state index is -0.613. The van der Waals surface area contributed by atoms with Crippen molar-refractivity contribution in [3.8, 4) is 5.75 Å². The van der Waals surface area contributed by atoms with Crippen molar-refractivity contribution >= 4 is 29.0 Å². The molecule has 0 bridgehead atoms. The van der Waals surface area contributed by atoms with Crippen LogP contribution in [0.3, 0.4) is 0 Å². The van der Waals surface area contributed by atoms with Crippen molar-refractivity contribution < 1.29 is 4.74 Å². The molecule has 1 N–H and O–H groups in total. The monoisotopic (exact) mass is 508 g/mol. The summed E-state index contributed by atoms with van der Waals surface area (Å²) in [5.41, 5.74) is 3.18. The fraction of sp³-hybridized carbons (Fsp3) is 0.367. The topological polar surface area (TPSA) is 33.6 Å². The van der Waals surface area contributed by atoms with Crippen LogP contribution in [0.25, 0.3) is 0 Å². The summed E-state index contributed by atoms with van der Waals surface area (Å²) in [5, 5.41) is 5.19. The van der Waals surface area contributed by atoms with Crippen molar-refractivity contribution in [3.63, 3.8) is 0 Å². The quantitative estimate of drug-likeness (QED) is 0.376. The molecular weight excluding hydrogens is 475 g/mol. The second-order valence-corrected chi connectivity index (χ2v) is 11.8. The van der Waals surface area contributed by atoms with E-state index in [0.717, 1.165) is 28.3 Å². The lowest BCUT2D eigenvalue weighted by molar-refractivity contribution is 0.241. The molecule has 184 valence electrons. The molecule has 0 aliphatic carbocycles. The minimum absolute atomic E-state index is 0.00811. The third-order valence-electron chi connectivity index (χ3n) is 6.97. The third-order valence-corrected chi connectivity index (χ3v) is 7.47. The second kappa shape index (κ2) is 9.19. The van der Waals surface area contributed by atoms with E-state index in [1.807, 2.05) is 38.1 Å². The van der Waals surface area contributed by atoms with Crippen LogP contribution in [-0.4, -0.2) is 11.9 Å². The molecule has 5 heteroatoms. The Balaban J connectivity index is 1.90. The van der Waals surface area contributed by atoms with Crippen LogP contribution in [0.5, 0.6) is 5.75 Å². The molecule has 35 heavy (non-hydrogen) atoms. The van der Waals surface area contributed by atoms with Gasteiger partial charge in [0.05, 0.1) is 17.2 Å². The number of hydrogen-bond donors (Lipinski definition) is 1. The van der Waals surface area contributed by atoms with E-state index in [2.05, 4.69) is 82.4 Å². The first-order valence-corrected chi connectivity index (χ1v) is 12.8. The largest absolute Gasteiger partial charge is 0.490 e. The Labute approximate surface area is 219 Å². The third kappa shape index (κ3) is 4.81. The molecule has 0 spiro atoms. The highest BCUT2D eigenvalue weighted by Gasteiger charge is 2.52. The molecule has 0 radical (unpaired) electrons. The van der Waals surface area contributed by atoms with Gasteiger partial charge in [0.2, 0.25) is 0 Å². The maximum absolute atomic E-state index is 6.32. The van der Waals surface area contributed by atoms with E-state index in [9.17, 15) is 0 Å². The van der Waals surface area contributed by atoms with E-state index in [0.29, 0.717) is 10.0 Å². The maximum atomic E-state index is 6.32. The average Bonchev–Trinajstić information content (AvgIpc) is 3.06. The number of hydrogen-bond acceptors (Lipinski definition) is 3. The van der Waals surface area contributed by atoms with Crippen molar-refractivity contribution in [1.29, 1.82) is 0 Å². The Morgan fingerprint density at radius 3 is 1.89 bits per heavy atom. The molecule has 1 aliphatic rings. The SMILES string of the molecule is CC(C)Oc1cc(C(C)(C)C)ccc1C1=NC(C)(c2ccc(Cl)cc2)C(C)(c2ccc(Cl)cc2)N1. The van der Waals surface area contributed by atoms with Gasteiger partial charge in [-0.15, -0.1) is 0 Å². The van der Waals surface area contributed by atoms with Crippen molar-refractivity contribution in [2.75, 3.05) is 0 Å². The standard InChI is InChI=1S/C30H34Cl2N2O/c1-19(2)35-26-18-22(28(3,4)5)12-17-25(26)27-33-29(6,20-8-13-23(31)14-9-20)30(7,34-27)21-10-15-24(32)16-11-21/h8-19H,1-7H3,(H,33,34). The van der Waals surface area contributed by atoms with E-state index in [1.165, 1.54) is 5.56 Å². The Hall–Kier alpha value is -2.49. The zero-order valence-electron chi connectivity index (χ0n) is 21.5. The molecule has 0 fully saturated rings. The van der Waals surface area contributed by atoms with Gasteiger partial charge in [0.15, 0.2) is 0 Å². The van der Waals surface area contributed by atoms with Gasteiger partial charge in [-0.3, -0.25) is 4.99 Å². The van der Waals surface area contributed by atoms with E-state index >= 15 is 0 Å². The van der Waals surface area contributed by atoms with Crippen molar-refractivity contribution in [1.82, 2.24) is 5.32 Å². The highest BCUT2D eigenvalue weighted by Crippen LogP contribution is 2.48. The lowest BCUT2D eigenvalue weighted by atomic mass is 9.72. The Morgan fingerprint density at radius 1 is 0.829 bits per heavy atom. The zero-order valence-corrected chi connectivity index (χ0v) is 23.1. The van der Waals surface area contributed by atoms with Crippen LogP contribution in [0.4, 0.5) is 0 Å². The number of benzene rings is 3. The number of ether oxygens (including phenoxy) is 1. The van der Waals surface area contributed by atoms with Crippen LogP contribution in [-0.2, 0) is 16.5 Å². The van der Waals surface area contributed by atoms with Crippen LogP contribution in [0, 0.1) is 0 Å². The number of halogens is 2. The summed E-state index contributed by atoms with van der Waals surface area (Å²) in [6, 6.07) is 22.4. The highest BCUT2D eigenvalue weighted by molar-refractivity contribution is 6.30. The summed E-state index contributed by atoms with van der Waals surface area (Å²) in [6.07, 6.45) is 0.0382. The number of rotatable bonds is 5. The summed E-state index contributed by atoms with van der Waals surface area (Å²) in [4.78, 5) is 5.35. The molecule has 0 amide bonds. The number of amidine groups is 1. The normalized spacial score (nSPS) is 22.2. The van der Waals surface area contributed by atoms with Crippen LogP contribution in [0.15, 0.2) is 71.7 Å². The molecule has 1 heterocycles. The first-order chi connectivity index (χ1) is 16.3. The van der Waals surface area contributed by atoms with E-state index in [-0.39, 0.29) is 11.5 Å². The number of nitrogens with zero attached hydrogens (tertiary/aromatic N) is 1. The van der Waals surface area contributed by atoms with Gasteiger partial charge in [-0.25, -0.2) is 0 Å². The molecule has 3 nitrogen and oxygen atoms in total. The molecule has 4 rings (SSSR count). The molecule has 2 unspecified atom stereocenters. The van der Waals surface area contributed by atoms with Crippen LogP contribution >= 0.6 is 23.2 Å². The van der Waals surface area contributed by atoms with Crippen molar-refractivity contribution in [3.05, 3.63) is 99.0 Å². The molecule has 0 saturated heterocycles. The summed E-state index contributed by atoms with van der Waals surface area (Å²) in [7, 11) is 0. The number of nitrogens with one attached hydrogen (secondary N) is 1. The predicted molar refractivity (Wildman–Crippen MR) is 148 cm³/mol. The molecule has 1 aliphatic heterocycles. The average molecular weight is 510 g/mol. The van der Waals surface area contributed by atoms with Crippen molar-refractivity contribution in [2.24, 2.45) is 4.99 Å². The van der Waals surface area contributed by atoms with Gasteiger partial charge in [0.25, 0.3) is 0 Å². The van der Waals surface area contributed by atoms with Crippen LogP contribution in [0.2, 0.25) is 10.0 Å². The second-order valence-electron chi connectivity index (χ2n) is 10.9. The smallest absolute Gasteiger partial charge is 0.133 e. The van der Waals surface area contributed by atoms with E-state index in [1.54, 1.807) is 0 Å². The Bertz CT molecular complexity index is 1240. The molecular formula is C30H34Cl2N2O. The van der Waals surface area contributed by atoms with Gasteiger partial charge in [0, 0.05) is 10.0 Å². The molecule has 0 saturated carbocycles. The molecule has 2 atom stereocenters. The van der Waals surface area contributed by atoms with Gasteiger partial charge in [-0.2, -0.15) is 0 Å². The van der Waals surface area contributed by atoms with Gasteiger partial charge in [-0.05, 0) is 86.2 Å². The summed E-state index contributed by atoms with van der Waals surface area (Å²) >= 11 is 12.5.